The van der Waals surface area contributed by atoms with Gasteiger partial charge < -0.3 is 5.11 Å². The number of hydrogen-bond acceptors (Lipinski definition) is 12. The molecule has 0 saturated carbocycles. The first-order chi connectivity index (χ1) is 10.6. The highest BCUT2D eigenvalue weighted by atomic mass is 16.9. The van der Waals surface area contributed by atoms with E-state index in [9.17, 15) is 0 Å². The van der Waals surface area contributed by atoms with Crippen LogP contribution in [-0.4, -0.2) is 68.8 Å². The fraction of sp³-hybridized carbons (Fsp3) is 0.700. The fourth-order valence-electron chi connectivity index (χ4n) is 1.46. The van der Waals surface area contributed by atoms with Crippen LogP contribution in [0.25, 0.3) is 0 Å². The van der Waals surface area contributed by atoms with Crippen LogP contribution in [0.2, 0.25) is 0 Å². The molecule has 22 heavy (non-hydrogen) atoms. The molecule has 0 radical (unpaired) electrons. The van der Waals surface area contributed by atoms with Gasteiger partial charge in [0.25, 0.3) is 17.8 Å². The molecule has 0 atom stereocenters. The summed E-state index contributed by atoms with van der Waals surface area (Å²) in [5.74, 6) is 0.128. The molecule has 0 fully saturated rings. The maximum atomic E-state index is 9.06. The van der Waals surface area contributed by atoms with Crippen LogP contribution in [-0.2, 0) is 24.2 Å². The van der Waals surface area contributed by atoms with E-state index < -0.39 is 0 Å². The second kappa shape index (κ2) is 9.24. The van der Waals surface area contributed by atoms with Crippen LogP contribution in [0.3, 0.4) is 0 Å². The topological polar surface area (TPSA) is 115 Å². The average molecular weight is 320 g/mol. The van der Waals surface area contributed by atoms with Crippen LogP contribution >= 0.6 is 0 Å². The first kappa shape index (κ1) is 18.2. The Hall–Kier alpha value is -1.83. The highest BCUT2D eigenvalue weighted by molar-refractivity contribution is 5.41. The minimum Gasteiger partial charge on any atom is -0.394 e. The summed E-state index contributed by atoms with van der Waals surface area (Å²) < 4.78 is 0. The molecule has 1 aromatic heterocycles. The van der Waals surface area contributed by atoms with E-state index in [0.717, 1.165) is 10.5 Å². The van der Waals surface area contributed by atoms with Crippen molar-refractivity contribution < 1.29 is 29.3 Å². The lowest BCUT2D eigenvalue weighted by atomic mass is 10.6. The molecule has 0 bridgehead atoms. The molecule has 0 amide bonds. The first-order valence-electron chi connectivity index (χ1n) is 6.10. The highest BCUT2D eigenvalue weighted by Crippen LogP contribution is 2.19. The Labute approximate surface area is 127 Å². The van der Waals surface area contributed by atoms with E-state index in [0.29, 0.717) is 0 Å². The second-order valence-corrected chi connectivity index (χ2v) is 3.49. The summed E-state index contributed by atoms with van der Waals surface area (Å²) in [6.45, 7) is -0.0277. The number of anilines is 3. The Bertz CT molecular complexity index is 414. The lowest BCUT2D eigenvalue weighted by molar-refractivity contribution is -0.0526. The molecular formula is C10H20N6O6. The third-order valence-corrected chi connectivity index (χ3v) is 2.34. The van der Waals surface area contributed by atoms with Crippen molar-refractivity contribution in [3.05, 3.63) is 0 Å². The summed E-state index contributed by atoms with van der Waals surface area (Å²) in [5.41, 5.74) is 0. The molecule has 1 heterocycles. The highest BCUT2D eigenvalue weighted by Gasteiger charge is 2.21. The van der Waals surface area contributed by atoms with Crippen LogP contribution in [0.5, 0.6) is 0 Å². The van der Waals surface area contributed by atoms with Gasteiger partial charge in [-0.15, -0.1) is 0 Å². The van der Waals surface area contributed by atoms with Gasteiger partial charge in [-0.3, -0.25) is 4.84 Å². The molecule has 1 rings (SSSR count). The van der Waals surface area contributed by atoms with Crippen molar-refractivity contribution in [1.82, 2.24) is 15.0 Å². The van der Waals surface area contributed by atoms with Crippen molar-refractivity contribution >= 4 is 17.8 Å². The molecule has 1 aromatic rings. The summed E-state index contributed by atoms with van der Waals surface area (Å²) in [7, 11) is 6.91. The minimum absolute atomic E-state index is 0.0177. The van der Waals surface area contributed by atoms with E-state index in [1.165, 1.54) is 40.6 Å². The molecular weight excluding hydrogens is 300 g/mol. The maximum Gasteiger partial charge on any atom is 0.284 e. The molecule has 0 saturated heterocycles. The molecule has 0 aliphatic carbocycles. The SMILES string of the molecule is CON(CCO)c1nc(N(OC)OC)nc(N(OC)OC)n1. The number of nitrogens with zero attached hydrogens (tertiary/aromatic N) is 6. The number of aliphatic hydroxyl groups excluding tert-OH is 1. The van der Waals surface area contributed by atoms with Crippen LogP contribution in [0.1, 0.15) is 0 Å². The van der Waals surface area contributed by atoms with E-state index in [1.54, 1.807) is 0 Å². The van der Waals surface area contributed by atoms with Gasteiger partial charge in [-0.05, 0) is 0 Å². The van der Waals surface area contributed by atoms with Gasteiger partial charge in [0.15, 0.2) is 0 Å². The number of aromatic nitrogens is 3. The van der Waals surface area contributed by atoms with Crippen LogP contribution < -0.4 is 15.5 Å². The maximum absolute atomic E-state index is 9.06. The van der Waals surface area contributed by atoms with Gasteiger partial charge in [-0.2, -0.15) is 15.0 Å². The number of rotatable bonds is 10. The summed E-state index contributed by atoms with van der Waals surface area (Å²) in [6, 6.07) is 0. The van der Waals surface area contributed by atoms with Gasteiger partial charge in [0.2, 0.25) is 0 Å². The van der Waals surface area contributed by atoms with Gasteiger partial charge in [0.1, 0.15) is 0 Å². The summed E-state index contributed by atoms with van der Waals surface area (Å²) in [5, 5.41) is 12.2. The molecule has 0 unspecified atom stereocenters. The zero-order valence-corrected chi connectivity index (χ0v) is 13.1. The Balaban J connectivity index is 3.30. The number of hydrogen-bond donors (Lipinski definition) is 1. The molecule has 0 aliphatic heterocycles. The van der Waals surface area contributed by atoms with Crippen LogP contribution in [0.4, 0.5) is 17.8 Å². The largest absolute Gasteiger partial charge is 0.394 e. The van der Waals surface area contributed by atoms with Gasteiger partial charge in [-0.1, -0.05) is 10.5 Å². The zero-order chi connectivity index (χ0) is 16.5. The molecule has 1 N–H and O–H groups in total. The van der Waals surface area contributed by atoms with E-state index in [2.05, 4.69) is 15.0 Å². The molecule has 12 heteroatoms. The average Bonchev–Trinajstić information content (AvgIpc) is 2.55. The van der Waals surface area contributed by atoms with E-state index in [1.807, 2.05) is 0 Å². The van der Waals surface area contributed by atoms with Crippen molar-refractivity contribution in [1.29, 1.82) is 0 Å². The normalized spacial score (nSPS) is 10.6. The monoisotopic (exact) mass is 320 g/mol. The standard InChI is InChI=1S/C10H20N6O6/c1-18-14(6-7-17)8-11-9(15(19-2)20-3)13-10(12-8)16(21-4)22-5/h17H,6-7H2,1-5H3. The predicted octanol–water partition coefficient (Wildman–Crippen LogP) is -0.910. The van der Waals surface area contributed by atoms with Gasteiger partial charge in [0, 0.05) is 0 Å². The van der Waals surface area contributed by atoms with E-state index in [4.69, 9.17) is 29.3 Å². The van der Waals surface area contributed by atoms with Gasteiger partial charge in [0.05, 0.1) is 48.7 Å². The smallest absolute Gasteiger partial charge is 0.284 e. The van der Waals surface area contributed by atoms with Crippen molar-refractivity contribution in [2.24, 2.45) is 0 Å². The zero-order valence-electron chi connectivity index (χ0n) is 13.1. The third-order valence-electron chi connectivity index (χ3n) is 2.34. The van der Waals surface area contributed by atoms with E-state index >= 15 is 0 Å². The predicted molar refractivity (Wildman–Crippen MR) is 74.3 cm³/mol. The van der Waals surface area contributed by atoms with Crippen molar-refractivity contribution in [3.8, 4) is 0 Å². The summed E-state index contributed by atoms with van der Waals surface area (Å²) >= 11 is 0. The van der Waals surface area contributed by atoms with Crippen LogP contribution in [0, 0.1) is 0 Å². The van der Waals surface area contributed by atoms with Crippen molar-refractivity contribution in [2.45, 2.75) is 0 Å². The summed E-state index contributed by atoms with van der Waals surface area (Å²) in [4.78, 5) is 37.3. The van der Waals surface area contributed by atoms with Crippen LogP contribution in [0.15, 0.2) is 0 Å². The second-order valence-electron chi connectivity index (χ2n) is 3.49. The molecule has 0 spiro atoms. The quantitative estimate of drug-likeness (QED) is 0.538. The van der Waals surface area contributed by atoms with Crippen molar-refractivity contribution in [3.63, 3.8) is 0 Å². The lowest BCUT2D eigenvalue weighted by Crippen LogP contribution is -2.31. The van der Waals surface area contributed by atoms with Gasteiger partial charge in [-0.25, -0.2) is 24.4 Å². The molecule has 0 aliphatic rings. The number of aliphatic hydroxyl groups is 1. The first-order valence-corrected chi connectivity index (χ1v) is 6.10. The Morgan fingerprint density at radius 1 is 0.727 bits per heavy atom. The van der Waals surface area contributed by atoms with Crippen molar-refractivity contribution in [2.75, 3.05) is 64.2 Å². The molecule has 12 nitrogen and oxygen atoms in total. The molecule has 126 valence electrons. The fourth-order valence-corrected chi connectivity index (χ4v) is 1.46. The third kappa shape index (κ3) is 4.33. The lowest BCUT2D eigenvalue weighted by Gasteiger charge is -2.23. The number of hydroxylamine groups is 1. The Kier molecular flexibility index (Phi) is 7.65. The van der Waals surface area contributed by atoms with E-state index in [-0.39, 0.29) is 31.0 Å². The summed E-state index contributed by atoms with van der Waals surface area (Å²) in [6.07, 6.45) is 0. The minimum atomic E-state index is -0.166. The van der Waals surface area contributed by atoms with Gasteiger partial charge >= 0.3 is 0 Å². The Morgan fingerprint density at radius 2 is 1.14 bits per heavy atom. The Morgan fingerprint density at radius 3 is 1.45 bits per heavy atom. The molecule has 0 aromatic carbocycles.